The third kappa shape index (κ3) is 9.47. The fraction of sp³-hybridized carbons (Fsp3) is 0.419. The van der Waals surface area contributed by atoms with Gasteiger partial charge in [0.05, 0.1) is 18.8 Å². The Kier molecular flexibility index (Phi) is 12.4. The first-order valence-electron chi connectivity index (χ1n) is 15.6. The van der Waals surface area contributed by atoms with E-state index >= 15 is 0 Å². The summed E-state index contributed by atoms with van der Waals surface area (Å²) in [5.41, 5.74) is 7.96. The molecule has 256 valence electrons. The number of anilines is 1. The van der Waals surface area contributed by atoms with Gasteiger partial charge in [0.15, 0.2) is 6.29 Å². The Hall–Kier alpha value is -5.58. The Morgan fingerprint density at radius 1 is 0.917 bits per heavy atom. The van der Waals surface area contributed by atoms with E-state index in [9.17, 15) is 38.4 Å². The molecule has 2 aliphatic rings. The van der Waals surface area contributed by atoms with Crippen LogP contribution in [0.5, 0.6) is 0 Å². The van der Waals surface area contributed by atoms with Gasteiger partial charge in [0, 0.05) is 67.9 Å². The van der Waals surface area contributed by atoms with E-state index in [1.165, 1.54) is 12.2 Å². The predicted molar refractivity (Wildman–Crippen MR) is 172 cm³/mol. The second kappa shape index (κ2) is 16.8. The van der Waals surface area contributed by atoms with Gasteiger partial charge in [0.2, 0.25) is 23.6 Å². The Morgan fingerprint density at radius 3 is 2.33 bits per heavy atom. The summed E-state index contributed by atoms with van der Waals surface area (Å²) in [5, 5.41) is 14.0. The summed E-state index contributed by atoms with van der Waals surface area (Å²) >= 11 is 0. The molecule has 0 aliphatic carbocycles. The van der Waals surface area contributed by atoms with Gasteiger partial charge in [-0.3, -0.25) is 43.8 Å². The lowest BCUT2D eigenvalue weighted by atomic mass is 10.1. The number of imide groups is 1. The number of benzene rings is 1. The van der Waals surface area contributed by atoms with Crippen LogP contribution in [-0.2, 0) is 35.2 Å². The number of nitrogens with one attached hydrogen (secondary N) is 6. The zero-order valence-corrected chi connectivity index (χ0v) is 26.3. The average Bonchev–Trinajstić information content (AvgIpc) is 3.77. The largest absolute Gasteiger partial charge is 0.354 e. The molecule has 4 rings (SSSR count). The maximum atomic E-state index is 13.7. The van der Waals surface area contributed by atoms with Crippen molar-refractivity contribution in [2.24, 2.45) is 5.73 Å². The zero-order valence-electron chi connectivity index (χ0n) is 26.3. The van der Waals surface area contributed by atoms with Crippen molar-refractivity contribution in [2.45, 2.75) is 38.1 Å². The van der Waals surface area contributed by atoms with Crippen LogP contribution in [0.2, 0.25) is 0 Å². The SMILES string of the molecule is NC(=O)NCCCC(NC(=O)CNCC(=O)NCCNC(=O)CCCN1C(=O)C=CC1=O)C(=O)N1CCc2c1ccc1[nH]c(C=O)cc21. The lowest BCUT2D eigenvalue weighted by Crippen LogP contribution is -2.51. The summed E-state index contributed by atoms with van der Waals surface area (Å²) in [7, 11) is 0. The lowest BCUT2D eigenvalue weighted by molar-refractivity contribution is -0.137. The van der Waals surface area contributed by atoms with E-state index in [1.807, 2.05) is 0 Å². The number of carbonyl (C=O) groups is 8. The molecular formula is C31H39N9O8. The van der Waals surface area contributed by atoms with Gasteiger partial charge in [0.1, 0.15) is 6.04 Å². The highest BCUT2D eigenvalue weighted by molar-refractivity contribution is 6.12. The van der Waals surface area contributed by atoms with E-state index in [0.29, 0.717) is 37.2 Å². The summed E-state index contributed by atoms with van der Waals surface area (Å²) in [4.78, 5) is 102. The number of carbonyl (C=O) groups excluding carboxylic acids is 8. The molecule has 48 heavy (non-hydrogen) atoms. The van der Waals surface area contributed by atoms with Gasteiger partial charge in [-0.2, -0.15) is 0 Å². The highest BCUT2D eigenvalue weighted by Gasteiger charge is 2.32. The first-order valence-corrected chi connectivity index (χ1v) is 15.6. The molecule has 8 N–H and O–H groups in total. The molecule has 0 bridgehead atoms. The van der Waals surface area contributed by atoms with Gasteiger partial charge >= 0.3 is 6.03 Å². The number of primary amides is 1. The van der Waals surface area contributed by atoms with E-state index < -0.39 is 35.7 Å². The molecule has 2 aliphatic heterocycles. The number of nitrogens with two attached hydrogens (primary N) is 1. The Labute approximate surface area is 275 Å². The van der Waals surface area contributed by atoms with Crippen LogP contribution in [0.4, 0.5) is 10.5 Å². The van der Waals surface area contributed by atoms with Gasteiger partial charge in [0.25, 0.3) is 11.8 Å². The van der Waals surface area contributed by atoms with Gasteiger partial charge in [-0.05, 0) is 49.4 Å². The highest BCUT2D eigenvalue weighted by Crippen LogP contribution is 2.35. The third-order valence-electron chi connectivity index (χ3n) is 7.81. The van der Waals surface area contributed by atoms with Crippen molar-refractivity contribution in [2.75, 3.05) is 50.7 Å². The molecule has 0 fully saturated rings. The molecule has 1 atom stereocenters. The van der Waals surface area contributed by atoms with Gasteiger partial charge < -0.3 is 36.9 Å². The summed E-state index contributed by atoms with van der Waals surface area (Å²) < 4.78 is 0. The van der Waals surface area contributed by atoms with Crippen LogP contribution in [0.1, 0.15) is 41.7 Å². The fourth-order valence-corrected chi connectivity index (χ4v) is 5.53. The second-order valence-corrected chi connectivity index (χ2v) is 11.2. The van der Waals surface area contributed by atoms with Crippen LogP contribution in [0.15, 0.2) is 30.4 Å². The van der Waals surface area contributed by atoms with Crippen LogP contribution >= 0.6 is 0 Å². The van der Waals surface area contributed by atoms with Gasteiger partial charge in [-0.25, -0.2) is 4.79 Å². The van der Waals surface area contributed by atoms with Crippen LogP contribution in [-0.4, -0.2) is 109 Å². The molecular weight excluding hydrogens is 626 g/mol. The number of aldehydes is 1. The van der Waals surface area contributed by atoms with E-state index in [1.54, 1.807) is 23.1 Å². The number of H-pyrrole nitrogens is 1. The number of aromatic nitrogens is 1. The molecule has 17 nitrogen and oxygen atoms in total. The minimum Gasteiger partial charge on any atom is -0.354 e. The number of nitrogens with zero attached hydrogens (tertiary/aromatic N) is 2. The third-order valence-corrected chi connectivity index (χ3v) is 7.81. The minimum atomic E-state index is -0.919. The average molecular weight is 666 g/mol. The molecule has 2 aromatic rings. The van der Waals surface area contributed by atoms with Crippen molar-refractivity contribution in [3.63, 3.8) is 0 Å². The number of rotatable bonds is 18. The van der Waals surface area contributed by atoms with Crippen molar-refractivity contribution < 1.29 is 38.4 Å². The normalized spacial score (nSPS) is 14.2. The summed E-state index contributed by atoms with van der Waals surface area (Å²) in [6.07, 6.45) is 4.66. The molecule has 17 heteroatoms. The van der Waals surface area contributed by atoms with Crippen molar-refractivity contribution in [1.82, 2.24) is 36.5 Å². The quantitative estimate of drug-likeness (QED) is 0.0546. The molecule has 1 aromatic carbocycles. The molecule has 3 heterocycles. The summed E-state index contributed by atoms with van der Waals surface area (Å²) in [6.45, 7) is 0.603. The van der Waals surface area contributed by atoms with Crippen molar-refractivity contribution in [3.8, 4) is 0 Å². The van der Waals surface area contributed by atoms with Crippen molar-refractivity contribution >= 4 is 64.4 Å². The molecule has 0 spiro atoms. The second-order valence-electron chi connectivity index (χ2n) is 11.2. The van der Waals surface area contributed by atoms with Crippen LogP contribution in [0.3, 0.4) is 0 Å². The standard InChI is InChI=1S/C31H39N9O8/c32-31(48)36-10-1-3-23(30(47)39-14-9-20-21-15-19(18-41)37-22(21)5-6-24(20)39)38-27(44)17-33-16-26(43)35-12-11-34-25(42)4-2-13-40-28(45)7-8-29(40)46/h5-8,15,18,23,33,37H,1-4,9-14,16-17H2,(H,34,42)(H,35,43)(H,38,44)(H3,32,36,48). The van der Waals surface area contributed by atoms with E-state index in [4.69, 9.17) is 5.73 Å². The van der Waals surface area contributed by atoms with Crippen LogP contribution < -0.4 is 37.2 Å². The molecule has 1 unspecified atom stereocenters. The number of amides is 8. The number of hydrogen-bond donors (Lipinski definition) is 7. The zero-order chi connectivity index (χ0) is 34.6. The fourth-order valence-electron chi connectivity index (χ4n) is 5.53. The van der Waals surface area contributed by atoms with E-state index in [2.05, 4.69) is 31.6 Å². The van der Waals surface area contributed by atoms with Crippen molar-refractivity contribution in [3.05, 3.63) is 41.6 Å². The molecule has 0 saturated heterocycles. The van der Waals surface area contributed by atoms with Crippen LogP contribution in [0.25, 0.3) is 10.9 Å². The molecule has 8 amide bonds. The number of fused-ring (bicyclic) bond motifs is 3. The van der Waals surface area contributed by atoms with E-state index in [-0.39, 0.29) is 63.9 Å². The lowest BCUT2D eigenvalue weighted by Gasteiger charge is -2.25. The number of aromatic amines is 1. The molecule has 1 aromatic heterocycles. The molecule has 0 radical (unpaired) electrons. The Bertz CT molecular complexity index is 1600. The Balaban J connectivity index is 1.19. The topological polar surface area (TPSA) is 245 Å². The van der Waals surface area contributed by atoms with Gasteiger partial charge in [-0.1, -0.05) is 0 Å². The predicted octanol–water partition coefficient (Wildman–Crippen LogP) is -1.67. The first-order chi connectivity index (χ1) is 23.1. The van der Waals surface area contributed by atoms with Crippen LogP contribution in [0, 0.1) is 0 Å². The highest BCUT2D eigenvalue weighted by atomic mass is 16.2. The minimum absolute atomic E-state index is 0.107. The maximum Gasteiger partial charge on any atom is 0.312 e. The van der Waals surface area contributed by atoms with Gasteiger partial charge in [-0.15, -0.1) is 0 Å². The summed E-state index contributed by atoms with van der Waals surface area (Å²) in [5.74, 6) is -2.35. The smallest absolute Gasteiger partial charge is 0.312 e. The molecule has 0 saturated carbocycles. The first kappa shape index (κ1) is 35.3. The number of hydrogen-bond acceptors (Lipinski definition) is 9. The number of urea groups is 1. The van der Waals surface area contributed by atoms with Crippen molar-refractivity contribution in [1.29, 1.82) is 0 Å². The summed E-state index contributed by atoms with van der Waals surface area (Å²) in [6, 6.07) is 3.72. The van der Waals surface area contributed by atoms with E-state index in [0.717, 1.165) is 27.7 Å². The maximum absolute atomic E-state index is 13.7. The Morgan fingerprint density at radius 2 is 1.62 bits per heavy atom. The monoisotopic (exact) mass is 665 g/mol.